The van der Waals surface area contributed by atoms with Crippen molar-refractivity contribution in [3.05, 3.63) is 52.4 Å². The van der Waals surface area contributed by atoms with E-state index in [4.69, 9.17) is 16.3 Å². The Bertz CT molecular complexity index is 831. The number of rotatable bonds is 6. The summed E-state index contributed by atoms with van der Waals surface area (Å²) < 4.78 is 5.98. The summed E-state index contributed by atoms with van der Waals surface area (Å²) in [5.74, 6) is 1.67. The Hall–Kier alpha value is -2.16. The van der Waals surface area contributed by atoms with E-state index in [1.54, 1.807) is 6.20 Å². The van der Waals surface area contributed by atoms with Crippen LogP contribution in [0.25, 0.3) is 0 Å². The summed E-state index contributed by atoms with van der Waals surface area (Å²) in [6.07, 6.45) is 6.05. The van der Waals surface area contributed by atoms with Crippen LogP contribution in [-0.4, -0.2) is 34.1 Å². The molecule has 2 fully saturated rings. The molecule has 5 nitrogen and oxygen atoms in total. The van der Waals surface area contributed by atoms with Gasteiger partial charge in [0.15, 0.2) is 0 Å². The summed E-state index contributed by atoms with van der Waals surface area (Å²) >= 11 is 6.30. The van der Waals surface area contributed by atoms with Crippen molar-refractivity contribution < 1.29 is 4.74 Å². The predicted molar refractivity (Wildman–Crippen MR) is 99.1 cm³/mol. The zero-order valence-corrected chi connectivity index (χ0v) is 15.3. The van der Waals surface area contributed by atoms with Crippen molar-refractivity contribution in [3.63, 3.8) is 0 Å². The molecule has 1 aliphatic heterocycles. The third kappa shape index (κ3) is 3.82. The fraction of sp³-hybridized carbons (Fsp3) is 0.450. The third-order valence-corrected chi connectivity index (χ3v) is 5.45. The zero-order chi connectivity index (χ0) is 17.9. The normalized spacial score (nSPS) is 20.1. The van der Waals surface area contributed by atoms with E-state index in [1.807, 2.05) is 18.2 Å². The standard InChI is InChI=1S/C20H21ClN4O/c21-18-6-2-1-4-15(18)12-25-9-3-5-17(25)13-26-20-16(10-22)11-23-19(24-20)14-7-8-14/h1-2,4,6,11,14,17H,3,5,7-9,12-13H2. The minimum atomic E-state index is 0.303. The maximum atomic E-state index is 9.30. The Labute approximate surface area is 158 Å². The van der Waals surface area contributed by atoms with Gasteiger partial charge in [0.05, 0.1) is 6.20 Å². The Morgan fingerprint density at radius 3 is 2.88 bits per heavy atom. The molecule has 1 saturated heterocycles. The molecule has 2 heterocycles. The van der Waals surface area contributed by atoms with E-state index < -0.39 is 0 Å². The van der Waals surface area contributed by atoms with Crippen LogP contribution in [0.2, 0.25) is 5.02 Å². The van der Waals surface area contributed by atoms with Gasteiger partial charge >= 0.3 is 0 Å². The predicted octanol–water partition coefficient (Wildman–Crippen LogP) is 3.92. The van der Waals surface area contributed by atoms with E-state index in [-0.39, 0.29) is 0 Å². The van der Waals surface area contributed by atoms with E-state index in [0.29, 0.717) is 30.0 Å². The first-order valence-corrected chi connectivity index (χ1v) is 9.49. The number of hydrogen-bond donors (Lipinski definition) is 0. The second kappa shape index (κ2) is 7.61. The summed E-state index contributed by atoms with van der Waals surface area (Å²) in [5, 5.41) is 10.1. The van der Waals surface area contributed by atoms with Gasteiger partial charge < -0.3 is 4.74 Å². The summed E-state index contributed by atoms with van der Waals surface area (Å²) in [5.41, 5.74) is 1.54. The minimum Gasteiger partial charge on any atom is -0.475 e. The second-order valence-corrected chi connectivity index (χ2v) is 7.41. The van der Waals surface area contributed by atoms with Gasteiger partial charge in [-0.3, -0.25) is 4.90 Å². The van der Waals surface area contributed by atoms with Gasteiger partial charge in [-0.05, 0) is 43.9 Å². The molecular formula is C20H21ClN4O. The van der Waals surface area contributed by atoms with E-state index in [0.717, 1.165) is 55.2 Å². The zero-order valence-electron chi connectivity index (χ0n) is 14.6. The number of benzene rings is 1. The van der Waals surface area contributed by atoms with Gasteiger partial charge in [-0.25, -0.2) is 4.98 Å². The minimum absolute atomic E-state index is 0.303. The Morgan fingerprint density at radius 2 is 2.12 bits per heavy atom. The molecule has 1 aromatic heterocycles. The Balaban J connectivity index is 1.43. The van der Waals surface area contributed by atoms with Crippen molar-refractivity contribution >= 4 is 11.6 Å². The molecular weight excluding hydrogens is 348 g/mol. The van der Waals surface area contributed by atoms with E-state index >= 15 is 0 Å². The van der Waals surface area contributed by atoms with Crippen LogP contribution in [0.3, 0.4) is 0 Å². The first-order chi connectivity index (χ1) is 12.7. The van der Waals surface area contributed by atoms with Gasteiger partial charge in [-0.1, -0.05) is 29.8 Å². The highest BCUT2D eigenvalue weighted by molar-refractivity contribution is 6.31. The van der Waals surface area contributed by atoms with Crippen LogP contribution >= 0.6 is 11.6 Å². The van der Waals surface area contributed by atoms with Crippen LogP contribution in [0.5, 0.6) is 5.88 Å². The molecule has 0 radical (unpaired) electrons. The lowest BCUT2D eigenvalue weighted by Crippen LogP contribution is -2.34. The molecule has 1 saturated carbocycles. The molecule has 4 rings (SSSR count). The van der Waals surface area contributed by atoms with Crippen LogP contribution in [0.15, 0.2) is 30.5 Å². The lowest BCUT2D eigenvalue weighted by molar-refractivity contribution is 0.163. The Morgan fingerprint density at radius 1 is 1.27 bits per heavy atom. The van der Waals surface area contributed by atoms with E-state index in [2.05, 4.69) is 27.0 Å². The molecule has 1 aromatic carbocycles. The highest BCUT2D eigenvalue weighted by Crippen LogP contribution is 2.38. The lowest BCUT2D eigenvalue weighted by Gasteiger charge is -2.25. The maximum Gasteiger partial charge on any atom is 0.235 e. The van der Waals surface area contributed by atoms with Crippen molar-refractivity contribution in [2.24, 2.45) is 0 Å². The number of halogens is 1. The van der Waals surface area contributed by atoms with Crippen LogP contribution in [0.1, 0.15) is 48.6 Å². The fourth-order valence-corrected chi connectivity index (χ4v) is 3.61. The SMILES string of the molecule is N#Cc1cnc(C2CC2)nc1OCC1CCCN1Cc1ccccc1Cl. The number of likely N-dealkylation sites (tertiary alicyclic amines) is 1. The van der Waals surface area contributed by atoms with Gasteiger partial charge in [0, 0.05) is 23.5 Å². The van der Waals surface area contributed by atoms with Crippen molar-refractivity contribution in [3.8, 4) is 11.9 Å². The molecule has 2 aliphatic rings. The molecule has 0 spiro atoms. The highest BCUT2D eigenvalue weighted by atomic mass is 35.5. The lowest BCUT2D eigenvalue weighted by atomic mass is 10.2. The number of aromatic nitrogens is 2. The summed E-state index contributed by atoms with van der Waals surface area (Å²) in [6, 6.07) is 10.4. The quantitative estimate of drug-likeness (QED) is 0.773. The number of hydrogen-bond acceptors (Lipinski definition) is 5. The molecule has 1 atom stereocenters. The highest BCUT2D eigenvalue weighted by Gasteiger charge is 2.29. The second-order valence-electron chi connectivity index (χ2n) is 7.00. The van der Waals surface area contributed by atoms with Crippen molar-refractivity contribution in [2.75, 3.05) is 13.2 Å². The summed E-state index contributed by atoms with van der Waals surface area (Å²) in [6.45, 7) is 2.37. The summed E-state index contributed by atoms with van der Waals surface area (Å²) in [7, 11) is 0. The molecule has 26 heavy (non-hydrogen) atoms. The van der Waals surface area contributed by atoms with Crippen molar-refractivity contribution in [1.29, 1.82) is 5.26 Å². The maximum absolute atomic E-state index is 9.30. The van der Waals surface area contributed by atoms with Crippen molar-refractivity contribution in [2.45, 2.75) is 44.2 Å². The van der Waals surface area contributed by atoms with Crippen LogP contribution in [-0.2, 0) is 6.54 Å². The molecule has 0 bridgehead atoms. The van der Waals surface area contributed by atoms with Gasteiger partial charge in [0.2, 0.25) is 5.88 Å². The van der Waals surface area contributed by atoms with Crippen LogP contribution < -0.4 is 4.74 Å². The first-order valence-electron chi connectivity index (χ1n) is 9.12. The topological polar surface area (TPSA) is 62.0 Å². The third-order valence-electron chi connectivity index (χ3n) is 5.08. The van der Waals surface area contributed by atoms with Gasteiger partial charge in [-0.2, -0.15) is 10.2 Å². The van der Waals surface area contributed by atoms with Gasteiger partial charge in [0.25, 0.3) is 0 Å². The van der Waals surface area contributed by atoms with Gasteiger partial charge in [-0.15, -0.1) is 0 Å². The number of ether oxygens (including phenoxy) is 1. The van der Waals surface area contributed by atoms with Crippen molar-refractivity contribution in [1.82, 2.24) is 14.9 Å². The average Bonchev–Trinajstić information content (AvgIpc) is 3.42. The largest absolute Gasteiger partial charge is 0.475 e. The number of nitriles is 1. The van der Waals surface area contributed by atoms with Crippen LogP contribution in [0, 0.1) is 11.3 Å². The summed E-state index contributed by atoms with van der Waals surface area (Å²) in [4.78, 5) is 11.2. The fourth-order valence-electron chi connectivity index (χ4n) is 3.42. The van der Waals surface area contributed by atoms with Crippen LogP contribution in [0.4, 0.5) is 0 Å². The molecule has 6 heteroatoms. The Kier molecular flexibility index (Phi) is 5.05. The van der Waals surface area contributed by atoms with Gasteiger partial charge in [0.1, 0.15) is 24.1 Å². The van der Waals surface area contributed by atoms with E-state index in [9.17, 15) is 5.26 Å². The van der Waals surface area contributed by atoms with E-state index in [1.165, 1.54) is 0 Å². The molecule has 1 aliphatic carbocycles. The monoisotopic (exact) mass is 368 g/mol. The molecule has 0 amide bonds. The first kappa shape index (κ1) is 17.3. The smallest absolute Gasteiger partial charge is 0.235 e. The molecule has 2 aromatic rings. The average molecular weight is 369 g/mol. The molecule has 0 N–H and O–H groups in total. The molecule has 134 valence electrons. The molecule has 1 unspecified atom stereocenters. The number of nitrogens with zero attached hydrogens (tertiary/aromatic N) is 4.